The van der Waals surface area contributed by atoms with Crippen LogP contribution < -0.4 is 16.4 Å². The number of aromatic amines is 1. The van der Waals surface area contributed by atoms with Gasteiger partial charge in [0, 0.05) is 36.0 Å². The fourth-order valence-corrected chi connectivity index (χ4v) is 2.95. The number of carbonyl (C=O) groups excluding carboxylic acids is 3. The number of nitrogens with one attached hydrogen (secondary N) is 3. The number of likely N-dealkylation sites (N-methyl/N-ethyl adjacent to an activating group) is 1. The molecule has 0 spiro atoms. The molecule has 2 aromatic carbocycles. The van der Waals surface area contributed by atoms with E-state index < -0.39 is 11.8 Å². The number of hydrogen-bond acceptors (Lipinski definition) is 3. The minimum atomic E-state index is -0.501. The summed E-state index contributed by atoms with van der Waals surface area (Å²) in [6.07, 6.45) is 4.12. The van der Waals surface area contributed by atoms with Gasteiger partial charge in [-0.1, -0.05) is 18.2 Å². The van der Waals surface area contributed by atoms with Gasteiger partial charge in [0.25, 0.3) is 5.91 Å². The maximum atomic E-state index is 12.0. The van der Waals surface area contributed by atoms with Crippen LogP contribution in [0, 0.1) is 0 Å². The van der Waals surface area contributed by atoms with Gasteiger partial charge >= 0.3 is 0 Å². The predicted octanol–water partition coefficient (Wildman–Crippen LogP) is 2.56. The molecule has 28 heavy (non-hydrogen) atoms. The SMILES string of the molecule is CCNC(=O)/C=C/C(=O)Nc1cccc(-c2ccc(C(N)=O)c3[nH]ccc23)c1. The summed E-state index contributed by atoms with van der Waals surface area (Å²) in [7, 11) is 0. The zero-order chi connectivity index (χ0) is 20.1. The van der Waals surface area contributed by atoms with Gasteiger partial charge in [0.15, 0.2) is 0 Å². The Labute approximate surface area is 161 Å². The summed E-state index contributed by atoms with van der Waals surface area (Å²) in [6.45, 7) is 2.30. The largest absolute Gasteiger partial charge is 0.366 e. The molecule has 7 heteroatoms. The van der Waals surface area contributed by atoms with Gasteiger partial charge in [-0.3, -0.25) is 14.4 Å². The molecule has 0 saturated carbocycles. The van der Waals surface area contributed by atoms with Crippen LogP contribution in [-0.4, -0.2) is 29.3 Å². The molecule has 3 aromatic rings. The van der Waals surface area contributed by atoms with Gasteiger partial charge in [-0.2, -0.15) is 0 Å². The van der Waals surface area contributed by atoms with Crippen LogP contribution >= 0.6 is 0 Å². The number of H-pyrrole nitrogens is 1. The minimum Gasteiger partial charge on any atom is -0.366 e. The van der Waals surface area contributed by atoms with Crippen LogP contribution in [0.4, 0.5) is 5.69 Å². The maximum absolute atomic E-state index is 12.0. The number of fused-ring (bicyclic) bond motifs is 1. The molecule has 1 aromatic heterocycles. The van der Waals surface area contributed by atoms with Crippen molar-refractivity contribution in [3.63, 3.8) is 0 Å². The van der Waals surface area contributed by atoms with Gasteiger partial charge < -0.3 is 21.4 Å². The first kappa shape index (κ1) is 18.9. The average molecular weight is 376 g/mol. The number of amides is 3. The molecule has 0 radical (unpaired) electrons. The third-order valence-corrected chi connectivity index (χ3v) is 4.17. The van der Waals surface area contributed by atoms with Crippen molar-refractivity contribution in [1.82, 2.24) is 10.3 Å². The normalized spacial score (nSPS) is 10.9. The molecule has 0 unspecified atom stereocenters. The van der Waals surface area contributed by atoms with Gasteiger partial charge in [0.1, 0.15) is 0 Å². The van der Waals surface area contributed by atoms with E-state index in [1.807, 2.05) is 30.3 Å². The van der Waals surface area contributed by atoms with Crippen LogP contribution in [0.15, 0.2) is 60.8 Å². The second-order valence-electron chi connectivity index (χ2n) is 6.09. The van der Waals surface area contributed by atoms with E-state index in [-0.39, 0.29) is 5.91 Å². The Morgan fingerprint density at radius 1 is 1.07 bits per heavy atom. The summed E-state index contributed by atoms with van der Waals surface area (Å²) in [4.78, 5) is 38.1. The third-order valence-electron chi connectivity index (χ3n) is 4.17. The molecular formula is C21H20N4O3. The highest BCUT2D eigenvalue weighted by atomic mass is 16.2. The number of primary amides is 1. The van der Waals surface area contributed by atoms with Crippen LogP contribution in [-0.2, 0) is 9.59 Å². The first-order valence-electron chi connectivity index (χ1n) is 8.77. The summed E-state index contributed by atoms with van der Waals surface area (Å²) in [5.74, 6) is -1.23. The molecule has 142 valence electrons. The third kappa shape index (κ3) is 4.09. The van der Waals surface area contributed by atoms with Crippen LogP contribution in [0.1, 0.15) is 17.3 Å². The lowest BCUT2D eigenvalue weighted by molar-refractivity contribution is -0.117. The molecule has 5 N–H and O–H groups in total. The van der Waals surface area contributed by atoms with E-state index in [0.717, 1.165) is 16.5 Å². The molecule has 0 aliphatic heterocycles. The fourth-order valence-electron chi connectivity index (χ4n) is 2.95. The summed E-state index contributed by atoms with van der Waals surface area (Å²) < 4.78 is 0. The summed E-state index contributed by atoms with van der Waals surface area (Å²) >= 11 is 0. The minimum absolute atomic E-state index is 0.323. The fraction of sp³-hybridized carbons (Fsp3) is 0.0952. The lowest BCUT2D eigenvalue weighted by atomic mass is 9.98. The quantitative estimate of drug-likeness (QED) is 0.495. The van der Waals surface area contributed by atoms with Crippen molar-refractivity contribution < 1.29 is 14.4 Å². The number of carbonyl (C=O) groups is 3. The molecule has 0 fully saturated rings. The molecule has 0 aliphatic carbocycles. The molecule has 0 bridgehead atoms. The Hall–Kier alpha value is -3.87. The topological polar surface area (TPSA) is 117 Å². The Morgan fingerprint density at radius 3 is 2.61 bits per heavy atom. The molecule has 0 aliphatic rings. The number of rotatable bonds is 6. The van der Waals surface area contributed by atoms with Crippen molar-refractivity contribution in [1.29, 1.82) is 0 Å². The van der Waals surface area contributed by atoms with Crippen molar-refractivity contribution in [2.24, 2.45) is 5.73 Å². The Morgan fingerprint density at radius 2 is 1.86 bits per heavy atom. The van der Waals surface area contributed by atoms with Gasteiger partial charge in [-0.25, -0.2) is 0 Å². The summed E-state index contributed by atoms with van der Waals surface area (Å²) in [5, 5.41) is 6.17. The maximum Gasteiger partial charge on any atom is 0.250 e. The zero-order valence-corrected chi connectivity index (χ0v) is 15.3. The van der Waals surface area contributed by atoms with Crippen molar-refractivity contribution in [3.05, 3.63) is 66.4 Å². The first-order chi connectivity index (χ1) is 13.5. The number of benzene rings is 2. The predicted molar refractivity (Wildman–Crippen MR) is 109 cm³/mol. The number of anilines is 1. The van der Waals surface area contributed by atoms with E-state index in [1.54, 1.807) is 25.3 Å². The highest BCUT2D eigenvalue weighted by Gasteiger charge is 2.12. The smallest absolute Gasteiger partial charge is 0.250 e. The second kappa shape index (κ2) is 8.22. The standard InChI is InChI=1S/C21H20N4O3/c1-2-23-18(26)8-9-19(27)25-14-5-3-4-13(12-14)15-6-7-17(21(22)28)20-16(15)10-11-24-20/h3-12,24H,2H2,1H3,(H2,22,28)(H,23,26)(H,25,27)/b9-8+. The number of nitrogens with two attached hydrogens (primary N) is 1. The lowest BCUT2D eigenvalue weighted by Crippen LogP contribution is -2.20. The van der Waals surface area contributed by atoms with Crippen molar-refractivity contribution in [2.75, 3.05) is 11.9 Å². The van der Waals surface area contributed by atoms with Crippen LogP contribution in [0.2, 0.25) is 0 Å². The molecular weight excluding hydrogens is 356 g/mol. The van der Waals surface area contributed by atoms with E-state index in [1.165, 1.54) is 12.2 Å². The van der Waals surface area contributed by atoms with E-state index in [4.69, 9.17) is 5.73 Å². The van der Waals surface area contributed by atoms with Gasteiger partial charge in [0.05, 0.1) is 11.1 Å². The monoisotopic (exact) mass is 376 g/mol. The van der Waals surface area contributed by atoms with Crippen molar-refractivity contribution >= 4 is 34.3 Å². The zero-order valence-electron chi connectivity index (χ0n) is 15.3. The lowest BCUT2D eigenvalue weighted by Gasteiger charge is -2.09. The first-order valence-corrected chi connectivity index (χ1v) is 8.77. The van der Waals surface area contributed by atoms with E-state index >= 15 is 0 Å². The summed E-state index contributed by atoms with van der Waals surface area (Å²) in [5.41, 5.74) is 8.88. The average Bonchev–Trinajstić information content (AvgIpc) is 3.15. The number of hydrogen-bond donors (Lipinski definition) is 4. The molecule has 7 nitrogen and oxygen atoms in total. The van der Waals surface area contributed by atoms with Gasteiger partial charge in [-0.05, 0) is 42.3 Å². The second-order valence-corrected chi connectivity index (χ2v) is 6.09. The molecule has 0 atom stereocenters. The van der Waals surface area contributed by atoms with E-state index in [2.05, 4.69) is 15.6 Å². The Kier molecular flexibility index (Phi) is 5.55. The molecule has 1 heterocycles. The Bertz CT molecular complexity index is 1080. The van der Waals surface area contributed by atoms with Crippen LogP contribution in [0.3, 0.4) is 0 Å². The van der Waals surface area contributed by atoms with E-state index in [9.17, 15) is 14.4 Å². The highest BCUT2D eigenvalue weighted by molar-refractivity contribution is 6.09. The van der Waals surface area contributed by atoms with E-state index in [0.29, 0.717) is 23.3 Å². The summed E-state index contributed by atoms with van der Waals surface area (Å²) in [6, 6.07) is 12.7. The number of aromatic nitrogens is 1. The van der Waals surface area contributed by atoms with Crippen LogP contribution in [0.5, 0.6) is 0 Å². The molecule has 3 rings (SSSR count). The Balaban J connectivity index is 1.86. The highest BCUT2D eigenvalue weighted by Crippen LogP contribution is 2.31. The van der Waals surface area contributed by atoms with Gasteiger partial charge in [0.2, 0.25) is 11.8 Å². The van der Waals surface area contributed by atoms with Gasteiger partial charge in [-0.15, -0.1) is 0 Å². The molecule has 3 amide bonds. The molecule has 0 saturated heterocycles. The van der Waals surface area contributed by atoms with Crippen molar-refractivity contribution in [3.8, 4) is 11.1 Å². The van der Waals surface area contributed by atoms with Crippen molar-refractivity contribution in [2.45, 2.75) is 6.92 Å². The van der Waals surface area contributed by atoms with Crippen LogP contribution in [0.25, 0.3) is 22.0 Å².